The molecule has 0 saturated carbocycles. The first-order valence-electron chi connectivity index (χ1n) is 5.59. The van der Waals surface area contributed by atoms with Gasteiger partial charge < -0.3 is 10.2 Å². The minimum absolute atomic E-state index is 0.0353. The van der Waals surface area contributed by atoms with Crippen LogP contribution in [0.4, 0.5) is 5.82 Å². The van der Waals surface area contributed by atoms with Gasteiger partial charge in [-0.2, -0.15) is 11.3 Å². The molecule has 0 radical (unpaired) electrons. The lowest BCUT2D eigenvalue weighted by Gasteiger charge is -2.10. The second-order valence-corrected chi connectivity index (χ2v) is 4.90. The molecule has 5 heteroatoms. The van der Waals surface area contributed by atoms with E-state index in [1.54, 1.807) is 37.7 Å². The Bertz CT molecular complexity index is 506. The van der Waals surface area contributed by atoms with Gasteiger partial charge in [0.2, 0.25) is 0 Å². The molecule has 94 valence electrons. The molecule has 0 spiro atoms. The van der Waals surface area contributed by atoms with Crippen LogP contribution in [0.25, 0.3) is 0 Å². The number of pyridine rings is 1. The number of hydrogen-bond donors (Lipinski definition) is 1. The number of carbonyl (C=O) groups excluding carboxylic acids is 1. The van der Waals surface area contributed by atoms with E-state index in [0.29, 0.717) is 5.56 Å². The molecule has 2 heterocycles. The number of aromatic nitrogens is 1. The van der Waals surface area contributed by atoms with E-state index in [1.165, 1.54) is 10.5 Å². The Hall–Kier alpha value is -1.88. The van der Waals surface area contributed by atoms with Crippen molar-refractivity contribution in [3.8, 4) is 0 Å². The van der Waals surface area contributed by atoms with Gasteiger partial charge in [-0.1, -0.05) is 0 Å². The molecule has 0 unspecified atom stereocenters. The fraction of sp³-hybridized carbons (Fsp3) is 0.231. The Morgan fingerprint density at radius 1 is 1.39 bits per heavy atom. The van der Waals surface area contributed by atoms with Gasteiger partial charge in [0, 0.05) is 26.8 Å². The monoisotopic (exact) mass is 261 g/mol. The van der Waals surface area contributed by atoms with Gasteiger partial charge in [0.25, 0.3) is 5.91 Å². The molecule has 1 N–H and O–H groups in total. The second kappa shape index (κ2) is 5.64. The number of rotatable bonds is 4. The van der Waals surface area contributed by atoms with Crippen LogP contribution in [0, 0.1) is 0 Å². The van der Waals surface area contributed by atoms with Crippen LogP contribution >= 0.6 is 11.3 Å². The van der Waals surface area contributed by atoms with Gasteiger partial charge in [-0.25, -0.2) is 4.98 Å². The summed E-state index contributed by atoms with van der Waals surface area (Å²) in [5.41, 5.74) is 1.83. The number of nitrogens with one attached hydrogen (secondary N) is 1. The van der Waals surface area contributed by atoms with Crippen molar-refractivity contribution in [2.45, 2.75) is 6.54 Å². The summed E-state index contributed by atoms with van der Waals surface area (Å²) >= 11 is 1.67. The van der Waals surface area contributed by atoms with E-state index in [1.807, 2.05) is 11.4 Å². The Labute approximate surface area is 110 Å². The van der Waals surface area contributed by atoms with E-state index >= 15 is 0 Å². The number of carbonyl (C=O) groups is 1. The molecule has 0 atom stereocenters. The summed E-state index contributed by atoms with van der Waals surface area (Å²) in [5, 5.41) is 7.35. The van der Waals surface area contributed by atoms with Gasteiger partial charge in [0.05, 0.1) is 5.56 Å². The summed E-state index contributed by atoms with van der Waals surface area (Å²) in [6.07, 6.45) is 1.60. The maximum Gasteiger partial charge on any atom is 0.254 e. The normalized spacial score (nSPS) is 10.1. The van der Waals surface area contributed by atoms with Crippen LogP contribution in [-0.2, 0) is 6.54 Å². The smallest absolute Gasteiger partial charge is 0.254 e. The van der Waals surface area contributed by atoms with Crippen molar-refractivity contribution in [1.29, 1.82) is 0 Å². The number of thiophene rings is 1. The predicted octanol–water partition coefficient (Wildman–Crippen LogP) is 2.46. The molecule has 2 rings (SSSR count). The Morgan fingerprint density at radius 2 is 2.22 bits per heavy atom. The minimum Gasteiger partial charge on any atom is -0.366 e. The standard InChI is InChI=1S/C13H15N3OS/c1-16(2)13(17)11-3-4-12(15-8-11)14-7-10-5-6-18-9-10/h3-6,8-9H,7H2,1-2H3,(H,14,15). The van der Waals surface area contributed by atoms with Crippen molar-refractivity contribution in [2.24, 2.45) is 0 Å². The van der Waals surface area contributed by atoms with Crippen molar-refractivity contribution in [3.63, 3.8) is 0 Å². The number of anilines is 1. The zero-order valence-electron chi connectivity index (χ0n) is 10.4. The van der Waals surface area contributed by atoms with E-state index in [2.05, 4.69) is 21.7 Å². The molecular weight excluding hydrogens is 246 g/mol. The highest BCUT2D eigenvalue weighted by Crippen LogP contribution is 2.10. The maximum absolute atomic E-state index is 11.7. The minimum atomic E-state index is -0.0353. The van der Waals surface area contributed by atoms with Gasteiger partial charge in [0.1, 0.15) is 5.82 Å². The van der Waals surface area contributed by atoms with Crippen molar-refractivity contribution in [2.75, 3.05) is 19.4 Å². The molecule has 0 aliphatic rings. The first-order valence-corrected chi connectivity index (χ1v) is 6.54. The Balaban J connectivity index is 1.97. The molecule has 0 saturated heterocycles. The molecule has 4 nitrogen and oxygen atoms in total. The van der Waals surface area contributed by atoms with Crippen LogP contribution in [0.5, 0.6) is 0 Å². The summed E-state index contributed by atoms with van der Waals surface area (Å²) in [4.78, 5) is 17.4. The van der Waals surface area contributed by atoms with Crippen molar-refractivity contribution in [1.82, 2.24) is 9.88 Å². The van der Waals surface area contributed by atoms with Crippen LogP contribution in [-0.4, -0.2) is 29.9 Å². The maximum atomic E-state index is 11.7. The molecule has 0 aliphatic heterocycles. The van der Waals surface area contributed by atoms with Crippen molar-refractivity contribution >= 4 is 23.1 Å². The van der Waals surface area contributed by atoms with Gasteiger partial charge in [-0.15, -0.1) is 0 Å². The lowest BCUT2D eigenvalue weighted by Crippen LogP contribution is -2.21. The Kier molecular flexibility index (Phi) is 3.94. The van der Waals surface area contributed by atoms with Crippen LogP contribution in [0.15, 0.2) is 35.2 Å². The largest absolute Gasteiger partial charge is 0.366 e. The van der Waals surface area contributed by atoms with E-state index in [0.717, 1.165) is 12.4 Å². The average molecular weight is 261 g/mol. The highest BCUT2D eigenvalue weighted by molar-refractivity contribution is 7.07. The molecule has 0 aliphatic carbocycles. The van der Waals surface area contributed by atoms with E-state index in [-0.39, 0.29) is 5.91 Å². The molecule has 18 heavy (non-hydrogen) atoms. The van der Waals surface area contributed by atoms with Crippen LogP contribution in [0.2, 0.25) is 0 Å². The predicted molar refractivity (Wildman–Crippen MR) is 73.9 cm³/mol. The molecule has 0 bridgehead atoms. The fourth-order valence-corrected chi connectivity index (χ4v) is 2.14. The quantitative estimate of drug-likeness (QED) is 0.919. The summed E-state index contributed by atoms with van der Waals surface area (Å²) in [6, 6.07) is 5.68. The molecule has 0 aromatic carbocycles. The number of nitrogens with zero attached hydrogens (tertiary/aromatic N) is 2. The third kappa shape index (κ3) is 3.07. The van der Waals surface area contributed by atoms with Crippen LogP contribution in [0.1, 0.15) is 15.9 Å². The third-order valence-corrected chi connectivity index (χ3v) is 3.20. The second-order valence-electron chi connectivity index (χ2n) is 4.12. The zero-order chi connectivity index (χ0) is 13.0. The van der Waals surface area contributed by atoms with Crippen LogP contribution < -0.4 is 5.32 Å². The number of amides is 1. The Morgan fingerprint density at radius 3 is 2.78 bits per heavy atom. The topological polar surface area (TPSA) is 45.2 Å². The van der Waals surface area contributed by atoms with Gasteiger partial charge >= 0.3 is 0 Å². The summed E-state index contributed by atoms with van der Waals surface area (Å²) in [6.45, 7) is 0.747. The van der Waals surface area contributed by atoms with Gasteiger partial charge in [0.15, 0.2) is 0 Å². The molecule has 1 amide bonds. The lowest BCUT2D eigenvalue weighted by molar-refractivity contribution is 0.0827. The average Bonchev–Trinajstić information content (AvgIpc) is 2.89. The van der Waals surface area contributed by atoms with E-state index in [9.17, 15) is 4.79 Å². The third-order valence-electron chi connectivity index (χ3n) is 2.47. The lowest BCUT2D eigenvalue weighted by atomic mass is 10.2. The SMILES string of the molecule is CN(C)C(=O)c1ccc(NCc2ccsc2)nc1. The van der Waals surface area contributed by atoms with Crippen molar-refractivity contribution < 1.29 is 4.79 Å². The van der Waals surface area contributed by atoms with E-state index in [4.69, 9.17) is 0 Å². The summed E-state index contributed by atoms with van der Waals surface area (Å²) in [5.74, 6) is 0.739. The highest BCUT2D eigenvalue weighted by atomic mass is 32.1. The van der Waals surface area contributed by atoms with Gasteiger partial charge in [-0.05, 0) is 34.5 Å². The van der Waals surface area contributed by atoms with E-state index < -0.39 is 0 Å². The molecule has 2 aromatic rings. The summed E-state index contributed by atoms with van der Waals surface area (Å²) < 4.78 is 0. The zero-order valence-corrected chi connectivity index (χ0v) is 11.2. The molecule has 0 fully saturated rings. The fourth-order valence-electron chi connectivity index (χ4n) is 1.47. The van der Waals surface area contributed by atoms with Crippen LogP contribution in [0.3, 0.4) is 0 Å². The first-order chi connectivity index (χ1) is 8.66. The van der Waals surface area contributed by atoms with Crippen molar-refractivity contribution in [3.05, 3.63) is 46.3 Å². The highest BCUT2D eigenvalue weighted by Gasteiger charge is 2.07. The number of hydrogen-bond acceptors (Lipinski definition) is 4. The molecular formula is C13H15N3OS. The van der Waals surface area contributed by atoms with Gasteiger partial charge in [-0.3, -0.25) is 4.79 Å². The first kappa shape index (κ1) is 12.6. The summed E-state index contributed by atoms with van der Waals surface area (Å²) in [7, 11) is 3.45. The molecule has 2 aromatic heterocycles.